The summed E-state index contributed by atoms with van der Waals surface area (Å²) in [5.41, 5.74) is 0.390. The van der Waals surface area contributed by atoms with Gasteiger partial charge in [0.05, 0.1) is 22.3 Å². The summed E-state index contributed by atoms with van der Waals surface area (Å²) in [4.78, 5) is 83.0. The second kappa shape index (κ2) is 17.7. The first-order chi connectivity index (χ1) is 24.6. The van der Waals surface area contributed by atoms with Crippen LogP contribution >= 0.6 is 0 Å². The van der Waals surface area contributed by atoms with Gasteiger partial charge in [0.2, 0.25) is 0 Å². The first-order valence-electron chi connectivity index (χ1n) is 18.4. The standard InChI is InChI=1S/C40H54N4O8/c1-39(2,3)51-37(49)41(23-15-7-9-17-25-43-33(45)29-19-11-12-20-30(29)34(43)46)27-28-42(38(50)52-40(4,5)6)24-16-8-10-18-26-44-35(47)31-21-13-14-22-32(31)36(44)48/h11-14,19-22H,7-10,15-18,23-28H2,1-6H3. The van der Waals surface area contributed by atoms with Crippen LogP contribution in [0.5, 0.6) is 0 Å². The summed E-state index contributed by atoms with van der Waals surface area (Å²) in [6.45, 7) is 12.9. The number of amides is 6. The van der Waals surface area contributed by atoms with Crippen LogP contribution in [0.3, 0.4) is 0 Å². The molecule has 0 bridgehead atoms. The first kappa shape index (κ1) is 40.0. The van der Waals surface area contributed by atoms with Gasteiger partial charge in [0.15, 0.2) is 0 Å². The van der Waals surface area contributed by atoms with E-state index in [9.17, 15) is 28.8 Å². The van der Waals surface area contributed by atoms with Crippen LogP contribution in [0.2, 0.25) is 0 Å². The third kappa shape index (κ3) is 10.9. The number of hydrogen-bond donors (Lipinski definition) is 0. The number of rotatable bonds is 17. The Balaban J connectivity index is 1.24. The number of nitrogens with zero attached hydrogens (tertiary/aromatic N) is 4. The van der Waals surface area contributed by atoms with Gasteiger partial charge in [-0.05, 0) is 91.5 Å². The van der Waals surface area contributed by atoms with Gasteiger partial charge in [-0.15, -0.1) is 0 Å². The zero-order valence-electron chi connectivity index (χ0n) is 31.6. The molecule has 0 saturated heterocycles. The van der Waals surface area contributed by atoms with Crippen LogP contribution in [-0.2, 0) is 9.47 Å². The lowest BCUT2D eigenvalue weighted by Crippen LogP contribution is -2.45. The van der Waals surface area contributed by atoms with E-state index >= 15 is 0 Å². The number of unbranched alkanes of at least 4 members (excludes halogenated alkanes) is 6. The van der Waals surface area contributed by atoms with E-state index in [-0.39, 0.29) is 36.7 Å². The van der Waals surface area contributed by atoms with Crippen molar-refractivity contribution in [2.75, 3.05) is 39.3 Å². The van der Waals surface area contributed by atoms with Gasteiger partial charge in [0.1, 0.15) is 11.2 Å². The van der Waals surface area contributed by atoms with Crippen molar-refractivity contribution in [2.24, 2.45) is 0 Å². The predicted octanol–water partition coefficient (Wildman–Crippen LogP) is 7.17. The highest BCUT2D eigenvalue weighted by molar-refractivity contribution is 6.22. The van der Waals surface area contributed by atoms with Crippen molar-refractivity contribution in [3.63, 3.8) is 0 Å². The first-order valence-corrected chi connectivity index (χ1v) is 18.4. The fourth-order valence-electron chi connectivity index (χ4n) is 6.22. The quantitative estimate of drug-likeness (QED) is 0.124. The normalized spacial score (nSPS) is 14.1. The summed E-state index contributed by atoms with van der Waals surface area (Å²) < 4.78 is 11.4. The van der Waals surface area contributed by atoms with Crippen molar-refractivity contribution in [1.82, 2.24) is 19.6 Å². The van der Waals surface area contributed by atoms with Gasteiger partial charge in [-0.2, -0.15) is 0 Å². The van der Waals surface area contributed by atoms with Crippen molar-refractivity contribution >= 4 is 35.8 Å². The SMILES string of the molecule is CC(C)(C)OC(=O)N(CCCCCCN1C(=O)c2ccccc2C1=O)CCN(CCCCCCN1C(=O)c2ccccc2C1=O)C(=O)OC(C)(C)C. The fraction of sp³-hybridized carbons (Fsp3) is 0.550. The maximum atomic E-state index is 13.2. The Morgan fingerprint density at radius 3 is 1.06 bits per heavy atom. The molecule has 0 fully saturated rings. The Kier molecular flexibility index (Phi) is 13.6. The van der Waals surface area contributed by atoms with Crippen LogP contribution in [0.4, 0.5) is 9.59 Å². The molecule has 2 aromatic carbocycles. The Labute approximate surface area is 307 Å². The van der Waals surface area contributed by atoms with E-state index in [1.807, 2.05) is 41.5 Å². The number of imide groups is 2. The number of benzene rings is 2. The molecule has 4 rings (SSSR count). The van der Waals surface area contributed by atoms with E-state index in [1.54, 1.807) is 58.3 Å². The summed E-state index contributed by atoms with van der Waals surface area (Å²) in [5, 5.41) is 0. The molecule has 0 saturated carbocycles. The molecule has 2 heterocycles. The Morgan fingerprint density at radius 2 is 0.769 bits per heavy atom. The second-order valence-electron chi connectivity index (χ2n) is 15.4. The zero-order chi connectivity index (χ0) is 38.1. The van der Waals surface area contributed by atoms with E-state index < -0.39 is 23.4 Å². The topological polar surface area (TPSA) is 134 Å². The molecular formula is C40H54N4O8. The van der Waals surface area contributed by atoms with E-state index in [2.05, 4.69) is 0 Å². The number of carbonyl (C=O) groups is 6. The van der Waals surface area contributed by atoms with Crippen LogP contribution in [-0.4, -0.2) is 106 Å². The molecule has 0 radical (unpaired) electrons. The van der Waals surface area contributed by atoms with Crippen LogP contribution < -0.4 is 0 Å². The third-order valence-electron chi connectivity index (χ3n) is 8.82. The molecule has 0 spiro atoms. The lowest BCUT2D eigenvalue weighted by atomic mass is 10.1. The van der Waals surface area contributed by atoms with Gasteiger partial charge in [-0.1, -0.05) is 49.9 Å². The number of ether oxygens (including phenoxy) is 2. The molecule has 0 aliphatic carbocycles. The summed E-state index contributed by atoms with van der Waals surface area (Å²) >= 11 is 0. The lowest BCUT2D eigenvalue weighted by molar-refractivity contribution is 0.0130. The molecular weight excluding hydrogens is 664 g/mol. The van der Waals surface area contributed by atoms with Crippen molar-refractivity contribution in [3.05, 3.63) is 70.8 Å². The molecule has 6 amide bonds. The monoisotopic (exact) mass is 718 g/mol. The largest absolute Gasteiger partial charge is 0.444 e. The highest BCUT2D eigenvalue weighted by atomic mass is 16.6. The van der Waals surface area contributed by atoms with Crippen LogP contribution in [0.25, 0.3) is 0 Å². The zero-order valence-corrected chi connectivity index (χ0v) is 31.6. The number of fused-ring (bicyclic) bond motifs is 2. The molecule has 0 aromatic heterocycles. The van der Waals surface area contributed by atoms with Gasteiger partial charge in [0.25, 0.3) is 23.6 Å². The summed E-state index contributed by atoms with van der Waals surface area (Å²) in [7, 11) is 0. The van der Waals surface area contributed by atoms with Gasteiger partial charge < -0.3 is 19.3 Å². The highest BCUT2D eigenvalue weighted by Crippen LogP contribution is 2.24. The number of carbonyl (C=O) groups excluding carboxylic acids is 6. The minimum Gasteiger partial charge on any atom is -0.444 e. The lowest BCUT2D eigenvalue weighted by Gasteiger charge is -2.31. The molecule has 52 heavy (non-hydrogen) atoms. The van der Waals surface area contributed by atoms with Crippen LogP contribution in [0.1, 0.15) is 134 Å². The summed E-state index contributed by atoms with van der Waals surface area (Å²) in [6, 6.07) is 13.7. The average Bonchev–Trinajstić information content (AvgIpc) is 3.46. The van der Waals surface area contributed by atoms with Gasteiger partial charge in [0, 0.05) is 39.3 Å². The minimum absolute atomic E-state index is 0.253. The molecule has 2 aliphatic rings. The molecule has 12 heteroatoms. The van der Waals surface area contributed by atoms with Gasteiger partial charge in [-0.25, -0.2) is 9.59 Å². The highest BCUT2D eigenvalue weighted by Gasteiger charge is 2.35. The maximum Gasteiger partial charge on any atom is 0.410 e. The van der Waals surface area contributed by atoms with E-state index in [0.717, 1.165) is 25.7 Å². The van der Waals surface area contributed by atoms with Crippen molar-refractivity contribution in [3.8, 4) is 0 Å². The molecule has 0 unspecified atom stereocenters. The molecule has 0 atom stereocenters. The molecule has 12 nitrogen and oxygen atoms in total. The van der Waals surface area contributed by atoms with Crippen LogP contribution in [0, 0.1) is 0 Å². The van der Waals surface area contributed by atoms with E-state index in [0.29, 0.717) is 74.1 Å². The Morgan fingerprint density at radius 1 is 0.481 bits per heavy atom. The van der Waals surface area contributed by atoms with E-state index in [1.165, 1.54) is 9.80 Å². The van der Waals surface area contributed by atoms with Crippen LogP contribution in [0.15, 0.2) is 48.5 Å². The fourth-order valence-corrected chi connectivity index (χ4v) is 6.22. The molecule has 2 aliphatic heterocycles. The second-order valence-corrected chi connectivity index (χ2v) is 15.4. The minimum atomic E-state index is -0.695. The molecule has 282 valence electrons. The Hall–Kier alpha value is -4.74. The average molecular weight is 719 g/mol. The van der Waals surface area contributed by atoms with Gasteiger partial charge >= 0.3 is 12.2 Å². The summed E-state index contributed by atoms with van der Waals surface area (Å²) in [5.74, 6) is -1.03. The van der Waals surface area contributed by atoms with Crippen molar-refractivity contribution in [2.45, 2.75) is 104 Å². The third-order valence-corrected chi connectivity index (χ3v) is 8.82. The Bertz CT molecular complexity index is 1440. The predicted molar refractivity (Wildman–Crippen MR) is 196 cm³/mol. The molecule has 2 aromatic rings. The van der Waals surface area contributed by atoms with Crippen molar-refractivity contribution in [1.29, 1.82) is 0 Å². The smallest absolute Gasteiger partial charge is 0.410 e. The number of hydrogen-bond acceptors (Lipinski definition) is 8. The summed E-state index contributed by atoms with van der Waals surface area (Å²) in [6.07, 6.45) is 4.84. The maximum absolute atomic E-state index is 13.2. The van der Waals surface area contributed by atoms with Gasteiger partial charge in [-0.3, -0.25) is 29.0 Å². The molecule has 0 N–H and O–H groups in total. The van der Waals surface area contributed by atoms with E-state index in [4.69, 9.17) is 9.47 Å². The van der Waals surface area contributed by atoms with Crippen molar-refractivity contribution < 1.29 is 38.2 Å².